The number of carboxylic acids is 1. The maximum absolute atomic E-state index is 10.4. The number of carboxylic acid groups (broad SMARTS) is 1. The fourth-order valence-corrected chi connectivity index (χ4v) is 1.76. The third-order valence-electron chi connectivity index (χ3n) is 2.72. The molecule has 1 aliphatic carbocycles. The van der Waals surface area contributed by atoms with Gasteiger partial charge in [0.2, 0.25) is 0 Å². The van der Waals surface area contributed by atoms with Gasteiger partial charge in [-0.1, -0.05) is 12.8 Å². The van der Waals surface area contributed by atoms with Gasteiger partial charge in [0.25, 0.3) is 0 Å². The van der Waals surface area contributed by atoms with E-state index in [2.05, 4.69) is 0 Å². The Kier molecular flexibility index (Phi) is 4.90. The first kappa shape index (κ1) is 11.5. The molecule has 1 saturated carbocycles. The van der Waals surface area contributed by atoms with Gasteiger partial charge in [-0.05, 0) is 25.2 Å². The Morgan fingerprint density at radius 1 is 1.50 bits per heavy atom. The molecule has 1 aliphatic rings. The summed E-state index contributed by atoms with van der Waals surface area (Å²) in [5, 5.41) is 8.51. The summed E-state index contributed by atoms with van der Waals surface area (Å²) in [6, 6.07) is -0.779. The van der Waals surface area contributed by atoms with Crippen molar-refractivity contribution in [2.24, 2.45) is 11.7 Å². The number of nitrogens with two attached hydrogens (primary N) is 1. The van der Waals surface area contributed by atoms with Crippen molar-refractivity contribution in [1.82, 2.24) is 0 Å². The van der Waals surface area contributed by atoms with Gasteiger partial charge in [-0.2, -0.15) is 0 Å². The maximum Gasteiger partial charge on any atom is 0.320 e. The van der Waals surface area contributed by atoms with Crippen molar-refractivity contribution in [1.29, 1.82) is 0 Å². The van der Waals surface area contributed by atoms with E-state index in [0.29, 0.717) is 18.9 Å². The number of hydrogen-bond acceptors (Lipinski definition) is 3. The molecule has 1 fully saturated rings. The minimum absolute atomic E-state index is 0.405. The van der Waals surface area contributed by atoms with E-state index in [-0.39, 0.29) is 0 Å². The molecule has 0 aromatic carbocycles. The smallest absolute Gasteiger partial charge is 0.320 e. The molecule has 82 valence electrons. The van der Waals surface area contributed by atoms with Crippen LogP contribution in [-0.2, 0) is 9.53 Å². The highest BCUT2D eigenvalue weighted by molar-refractivity contribution is 5.72. The zero-order valence-electron chi connectivity index (χ0n) is 8.45. The van der Waals surface area contributed by atoms with Crippen LogP contribution in [-0.4, -0.2) is 30.3 Å². The van der Waals surface area contributed by atoms with Gasteiger partial charge in [0.15, 0.2) is 0 Å². The maximum atomic E-state index is 10.4. The van der Waals surface area contributed by atoms with Crippen LogP contribution in [0.2, 0.25) is 0 Å². The minimum Gasteiger partial charge on any atom is -0.480 e. The Morgan fingerprint density at radius 2 is 2.14 bits per heavy atom. The average Bonchev–Trinajstić information content (AvgIpc) is 2.64. The molecule has 0 aliphatic heterocycles. The van der Waals surface area contributed by atoms with Gasteiger partial charge >= 0.3 is 5.97 Å². The molecule has 1 rings (SSSR count). The molecule has 0 spiro atoms. The summed E-state index contributed by atoms with van der Waals surface area (Å²) in [6.45, 7) is 1.23. The lowest BCUT2D eigenvalue weighted by atomic mass is 10.1. The first-order valence-corrected chi connectivity index (χ1v) is 5.26. The lowest BCUT2D eigenvalue weighted by molar-refractivity contribution is -0.139. The van der Waals surface area contributed by atoms with Crippen LogP contribution >= 0.6 is 0 Å². The molecular formula is C10H19NO3. The molecule has 1 atom stereocenters. The summed E-state index contributed by atoms with van der Waals surface area (Å²) in [7, 11) is 0. The van der Waals surface area contributed by atoms with E-state index >= 15 is 0 Å². The molecule has 14 heavy (non-hydrogen) atoms. The van der Waals surface area contributed by atoms with Crippen molar-refractivity contribution in [2.45, 2.75) is 38.1 Å². The predicted molar refractivity (Wildman–Crippen MR) is 53.0 cm³/mol. The van der Waals surface area contributed by atoms with Gasteiger partial charge in [-0.3, -0.25) is 4.79 Å². The topological polar surface area (TPSA) is 72.5 Å². The highest BCUT2D eigenvalue weighted by Gasteiger charge is 2.15. The van der Waals surface area contributed by atoms with E-state index in [1.54, 1.807) is 0 Å². The Balaban J connectivity index is 1.95. The normalized spacial score (nSPS) is 19.8. The van der Waals surface area contributed by atoms with E-state index in [1.165, 1.54) is 25.7 Å². The second-order valence-electron chi connectivity index (χ2n) is 3.96. The van der Waals surface area contributed by atoms with Crippen LogP contribution in [0.3, 0.4) is 0 Å². The molecule has 0 aromatic heterocycles. The highest BCUT2D eigenvalue weighted by atomic mass is 16.5. The Labute approximate surface area is 84.4 Å². The van der Waals surface area contributed by atoms with E-state index < -0.39 is 12.0 Å². The third kappa shape index (κ3) is 4.07. The number of aliphatic carboxylic acids is 1. The van der Waals surface area contributed by atoms with Crippen LogP contribution in [0.4, 0.5) is 0 Å². The molecule has 0 aromatic rings. The van der Waals surface area contributed by atoms with Crippen LogP contribution in [0.5, 0.6) is 0 Å². The van der Waals surface area contributed by atoms with Crippen molar-refractivity contribution < 1.29 is 14.6 Å². The lowest BCUT2D eigenvalue weighted by Crippen LogP contribution is -2.31. The standard InChI is InChI=1S/C10H19NO3/c11-9(10(12)13)5-6-14-7-8-3-1-2-4-8/h8-9H,1-7,11H2,(H,12,13). The molecule has 1 unspecified atom stereocenters. The van der Waals surface area contributed by atoms with Crippen LogP contribution < -0.4 is 5.73 Å². The Bertz CT molecular complexity index is 178. The molecule has 0 bridgehead atoms. The molecular weight excluding hydrogens is 182 g/mol. The molecule has 0 heterocycles. The summed E-state index contributed by atoms with van der Waals surface area (Å²) in [4.78, 5) is 10.4. The molecule has 3 N–H and O–H groups in total. The van der Waals surface area contributed by atoms with Crippen molar-refractivity contribution in [3.63, 3.8) is 0 Å². The van der Waals surface area contributed by atoms with Gasteiger partial charge in [-0.15, -0.1) is 0 Å². The van der Waals surface area contributed by atoms with Crippen LogP contribution in [0.1, 0.15) is 32.1 Å². The molecule has 4 heteroatoms. The largest absolute Gasteiger partial charge is 0.480 e. The number of hydrogen-bond donors (Lipinski definition) is 2. The number of rotatable bonds is 6. The first-order valence-electron chi connectivity index (χ1n) is 5.26. The summed E-state index contributed by atoms with van der Waals surface area (Å²) in [5.41, 5.74) is 5.33. The predicted octanol–water partition coefficient (Wildman–Crippen LogP) is 0.995. The summed E-state index contributed by atoms with van der Waals surface area (Å²) in [6.07, 6.45) is 5.53. The fourth-order valence-electron chi connectivity index (χ4n) is 1.76. The lowest BCUT2D eigenvalue weighted by Gasteiger charge is -2.10. The van der Waals surface area contributed by atoms with Crippen LogP contribution in [0, 0.1) is 5.92 Å². The first-order chi connectivity index (χ1) is 6.70. The van der Waals surface area contributed by atoms with Gasteiger partial charge in [0.1, 0.15) is 6.04 Å². The van der Waals surface area contributed by atoms with Crippen molar-refractivity contribution >= 4 is 5.97 Å². The zero-order chi connectivity index (χ0) is 10.4. The van der Waals surface area contributed by atoms with E-state index in [1.807, 2.05) is 0 Å². The third-order valence-corrected chi connectivity index (χ3v) is 2.72. The quantitative estimate of drug-likeness (QED) is 0.629. The SMILES string of the molecule is NC(CCOCC1CCCC1)C(=O)O. The van der Waals surface area contributed by atoms with Crippen molar-refractivity contribution in [3.8, 4) is 0 Å². The fraction of sp³-hybridized carbons (Fsp3) is 0.900. The highest BCUT2D eigenvalue weighted by Crippen LogP contribution is 2.24. The molecule has 0 amide bonds. The summed E-state index contributed by atoms with van der Waals surface area (Å²) >= 11 is 0. The van der Waals surface area contributed by atoms with Gasteiger partial charge in [-0.25, -0.2) is 0 Å². The molecule has 4 nitrogen and oxygen atoms in total. The molecule has 0 saturated heterocycles. The van der Waals surface area contributed by atoms with Crippen molar-refractivity contribution in [2.75, 3.05) is 13.2 Å². The van der Waals surface area contributed by atoms with Crippen LogP contribution in [0.25, 0.3) is 0 Å². The average molecular weight is 201 g/mol. The van der Waals surface area contributed by atoms with Gasteiger partial charge in [0.05, 0.1) is 0 Å². The van der Waals surface area contributed by atoms with Gasteiger partial charge < -0.3 is 15.6 Å². The minimum atomic E-state index is -0.950. The zero-order valence-corrected chi connectivity index (χ0v) is 8.45. The summed E-state index contributed by atoms with van der Waals surface area (Å²) in [5.74, 6) is -0.259. The summed E-state index contributed by atoms with van der Waals surface area (Å²) < 4.78 is 5.40. The monoisotopic (exact) mass is 201 g/mol. The Morgan fingerprint density at radius 3 is 2.71 bits per heavy atom. The number of carbonyl (C=O) groups is 1. The second-order valence-corrected chi connectivity index (χ2v) is 3.96. The molecule has 0 radical (unpaired) electrons. The van der Waals surface area contributed by atoms with E-state index in [9.17, 15) is 4.79 Å². The second kappa shape index (κ2) is 5.98. The van der Waals surface area contributed by atoms with E-state index in [0.717, 1.165) is 6.61 Å². The van der Waals surface area contributed by atoms with Crippen LogP contribution in [0.15, 0.2) is 0 Å². The van der Waals surface area contributed by atoms with Crippen molar-refractivity contribution in [3.05, 3.63) is 0 Å². The Hall–Kier alpha value is -0.610. The number of ether oxygens (including phenoxy) is 1. The van der Waals surface area contributed by atoms with E-state index in [4.69, 9.17) is 15.6 Å². The van der Waals surface area contributed by atoms with Gasteiger partial charge in [0, 0.05) is 13.2 Å².